The third-order valence-corrected chi connectivity index (χ3v) is 8.10. The number of nitrogens with one attached hydrogen (secondary N) is 1. The van der Waals surface area contributed by atoms with Gasteiger partial charge in [0.2, 0.25) is 5.78 Å². The topological polar surface area (TPSA) is 81.7 Å². The lowest BCUT2D eigenvalue weighted by atomic mass is 9.54. The Morgan fingerprint density at radius 3 is 1.76 bits per heavy atom. The summed E-state index contributed by atoms with van der Waals surface area (Å²) in [6, 6.07) is 13.4. The molecule has 2 aromatic rings. The van der Waals surface area contributed by atoms with E-state index in [9.17, 15) is 14.4 Å². The van der Waals surface area contributed by atoms with Crippen molar-refractivity contribution in [3.05, 3.63) is 59.7 Å². The van der Waals surface area contributed by atoms with E-state index < -0.39 is 23.4 Å². The minimum absolute atomic E-state index is 0.0388. The Hall–Kier alpha value is -3.15. The van der Waals surface area contributed by atoms with Crippen molar-refractivity contribution in [2.75, 3.05) is 14.2 Å². The Bertz CT molecular complexity index is 1050. The molecule has 0 spiro atoms. The third kappa shape index (κ3) is 4.22. The molecule has 34 heavy (non-hydrogen) atoms. The molecule has 4 saturated carbocycles. The van der Waals surface area contributed by atoms with E-state index in [1.165, 1.54) is 6.42 Å². The summed E-state index contributed by atoms with van der Waals surface area (Å²) in [6.07, 6.45) is 5.87. The number of benzene rings is 2. The van der Waals surface area contributed by atoms with Gasteiger partial charge < -0.3 is 14.8 Å². The predicted molar refractivity (Wildman–Crippen MR) is 127 cm³/mol. The standard InChI is InChI=1S/C28H31NO5/c1-33-22-7-3-18(4-8-22)24(26(30)19-5-9-23(34-2)10-6-19)27(31)28(32)29-25-20-12-16-11-17(14-20)15-21(25)13-16/h3-10,16-17,20-21,24-25H,11-15H2,1-2H3,(H,29,32)/t16?,17?,20?,21?,24-,25?/m1/s1. The molecule has 1 N–H and O–H groups in total. The number of hydrogen-bond donors (Lipinski definition) is 1. The van der Waals surface area contributed by atoms with Crippen LogP contribution in [0.1, 0.15) is 53.9 Å². The number of ketones is 2. The summed E-state index contributed by atoms with van der Waals surface area (Å²) in [4.78, 5) is 40.3. The molecule has 6 rings (SSSR count). The first-order valence-corrected chi connectivity index (χ1v) is 12.1. The van der Waals surface area contributed by atoms with Crippen LogP contribution in [0.5, 0.6) is 11.5 Å². The lowest BCUT2D eigenvalue weighted by Gasteiger charge is -2.54. The van der Waals surface area contributed by atoms with Crippen LogP contribution >= 0.6 is 0 Å². The maximum absolute atomic E-state index is 13.5. The minimum Gasteiger partial charge on any atom is -0.497 e. The predicted octanol–water partition coefficient (Wildman–Crippen LogP) is 4.18. The highest BCUT2D eigenvalue weighted by atomic mass is 16.5. The maximum Gasteiger partial charge on any atom is 0.288 e. The Morgan fingerprint density at radius 2 is 1.26 bits per heavy atom. The fourth-order valence-corrected chi connectivity index (χ4v) is 6.65. The average molecular weight is 462 g/mol. The number of carbonyl (C=O) groups is 3. The smallest absolute Gasteiger partial charge is 0.288 e. The van der Waals surface area contributed by atoms with Crippen LogP contribution in [-0.4, -0.2) is 37.7 Å². The molecule has 4 aliphatic carbocycles. The molecule has 4 fully saturated rings. The number of carbonyl (C=O) groups excluding carboxylic acids is 3. The molecule has 1 amide bonds. The molecule has 4 bridgehead atoms. The molecule has 178 valence electrons. The maximum atomic E-state index is 13.5. The molecule has 6 heteroatoms. The van der Waals surface area contributed by atoms with Crippen LogP contribution in [0.25, 0.3) is 0 Å². The molecule has 2 aromatic carbocycles. The second-order valence-corrected chi connectivity index (χ2v) is 10.1. The first kappa shape index (κ1) is 22.6. The Morgan fingerprint density at radius 1 is 0.765 bits per heavy atom. The van der Waals surface area contributed by atoms with Crippen LogP contribution in [0.4, 0.5) is 0 Å². The summed E-state index contributed by atoms with van der Waals surface area (Å²) in [5.41, 5.74) is 0.837. The van der Waals surface area contributed by atoms with Gasteiger partial charge in [-0.3, -0.25) is 14.4 Å². The van der Waals surface area contributed by atoms with Gasteiger partial charge in [-0.1, -0.05) is 12.1 Å². The minimum atomic E-state index is -1.21. The number of methoxy groups -OCH3 is 2. The quantitative estimate of drug-likeness (QED) is 0.362. The van der Waals surface area contributed by atoms with Gasteiger partial charge in [0.15, 0.2) is 5.78 Å². The first-order valence-electron chi connectivity index (χ1n) is 12.1. The van der Waals surface area contributed by atoms with Gasteiger partial charge in [0, 0.05) is 11.6 Å². The summed E-state index contributed by atoms with van der Waals surface area (Å²) >= 11 is 0. The van der Waals surface area contributed by atoms with Crippen LogP contribution in [0.2, 0.25) is 0 Å². The molecule has 0 saturated heterocycles. The van der Waals surface area contributed by atoms with Gasteiger partial charge in [-0.05, 0) is 97.7 Å². The highest BCUT2D eigenvalue weighted by molar-refractivity contribution is 6.43. The van der Waals surface area contributed by atoms with E-state index in [1.54, 1.807) is 62.8 Å². The van der Waals surface area contributed by atoms with Gasteiger partial charge in [-0.2, -0.15) is 0 Å². The van der Waals surface area contributed by atoms with E-state index in [4.69, 9.17) is 9.47 Å². The van der Waals surface area contributed by atoms with E-state index in [2.05, 4.69) is 5.32 Å². The number of Topliss-reactive ketones (excluding diaryl/α,β-unsaturated/α-hetero) is 2. The van der Waals surface area contributed by atoms with Crippen molar-refractivity contribution < 1.29 is 23.9 Å². The van der Waals surface area contributed by atoms with Crippen LogP contribution in [-0.2, 0) is 9.59 Å². The Kier molecular flexibility index (Phi) is 6.15. The SMILES string of the molecule is COc1ccc(C(=O)[C@H](C(=O)C(=O)NC2C3CC4CC(C3)CC2C4)c2ccc(OC)cc2)cc1. The van der Waals surface area contributed by atoms with Crippen LogP contribution in [0.15, 0.2) is 48.5 Å². The van der Waals surface area contributed by atoms with Crippen molar-refractivity contribution in [2.24, 2.45) is 23.7 Å². The van der Waals surface area contributed by atoms with Crippen molar-refractivity contribution in [2.45, 2.75) is 44.1 Å². The van der Waals surface area contributed by atoms with E-state index in [1.807, 2.05) is 0 Å². The molecule has 6 nitrogen and oxygen atoms in total. The van der Waals surface area contributed by atoms with Gasteiger partial charge >= 0.3 is 0 Å². The number of ether oxygens (including phenoxy) is 2. The molecular formula is C28H31NO5. The molecule has 0 radical (unpaired) electrons. The summed E-state index contributed by atoms with van der Waals surface area (Å²) in [6.45, 7) is 0. The molecular weight excluding hydrogens is 430 g/mol. The number of rotatable bonds is 8. The summed E-state index contributed by atoms with van der Waals surface area (Å²) < 4.78 is 10.4. The van der Waals surface area contributed by atoms with Gasteiger partial charge in [-0.15, -0.1) is 0 Å². The van der Waals surface area contributed by atoms with E-state index in [0.717, 1.165) is 37.5 Å². The van der Waals surface area contributed by atoms with Crippen LogP contribution < -0.4 is 14.8 Å². The van der Waals surface area contributed by atoms with Crippen LogP contribution in [0.3, 0.4) is 0 Å². The molecule has 1 atom stereocenters. The van der Waals surface area contributed by atoms with Crippen molar-refractivity contribution in [3.63, 3.8) is 0 Å². The second-order valence-electron chi connectivity index (χ2n) is 10.1. The summed E-state index contributed by atoms with van der Waals surface area (Å²) in [5, 5.41) is 3.07. The van der Waals surface area contributed by atoms with Crippen molar-refractivity contribution in [3.8, 4) is 11.5 Å². The van der Waals surface area contributed by atoms with Crippen LogP contribution in [0, 0.1) is 23.7 Å². The average Bonchev–Trinajstić information content (AvgIpc) is 2.86. The van der Waals surface area contributed by atoms with Crippen molar-refractivity contribution in [1.82, 2.24) is 5.32 Å². The zero-order chi connectivity index (χ0) is 23.8. The number of hydrogen-bond acceptors (Lipinski definition) is 5. The van der Waals surface area contributed by atoms with Gasteiger partial charge in [-0.25, -0.2) is 0 Å². The molecule has 0 aliphatic heterocycles. The molecule has 4 aliphatic rings. The van der Waals surface area contributed by atoms with Crippen molar-refractivity contribution in [1.29, 1.82) is 0 Å². The van der Waals surface area contributed by atoms with Gasteiger partial charge in [0.05, 0.1) is 14.2 Å². The number of amides is 1. The largest absolute Gasteiger partial charge is 0.497 e. The normalized spacial score (nSPS) is 27.6. The fraction of sp³-hybridized carbons (Fsp3) is 0.464. The monoisotopic (exact) mass is 461 g/mol. The third-order valence-electron chi connectivity index (χ3n) is 8.10. The van der Waals surface area contributed by atoms with E-state index in [0.29, 0.717) is 34.5 Å². The lowest BCUT2D eigenvalue weighted by Crippen LogP contribution is -2.57. The molecule has 0 heterocycles. The molecule has 0 unspecified atom stereocenters. The van der Waals surface area contributed by atoms with Gasteiger partial charge in [0.25, 0.3) is 5.91 Å². The molecule has 0 aromatic heterocycles. The highest BCUT2D eigenvalue weighted by Gasteiger charge is 2.49. The summed E-state index contributed by atoms with van der Waals surface area (Å²) in [5.74, 6) is 0.696. The summed E-state index contributed by atoms with van der Waals surface area (Å²) in [7, 11) is 3.10. The lowest BCUT2D eigenvalue weighted by molar-refractivity contribution is -0.140. The second kappa shape index (κ2) is 9.24. The van der Waals surface area contributed by atoms with Crippen molar-refractivity contribution >= 4 is 17.5 Å². The van der Waals surface area contributed by atoms with E-state index >= 15 is 0 Å². The van der Waals surface area contributed by atoms with Gasteiger partial charge in [0.1, 0.15) is 17.4 Å². The Balaban J connectivity index is 1.39. The first-order chi connectivity index (χ1) is 16.5. The fourth-order valence-electron chi connectivity index (χ4n) is 6.65. The van der Waals surface area contributed by atoms with E-state index in [-0.39, 0.29) is 6.04 Å². The Labute approximate surface area is 200 Å². The zero-order valence-corrected chi connectivity index (χ0v) is 19.7. The highest BCUT2D eigenvalue weighted by Crippen LogP contribution is 2.53. The zero-order valence-electron chi connectivity index (χ0n) is 19.7.